The van der Waals surface area contributed by atoms with Crippen LogP contribution in [-0.4, -0.2) is 12.4 Å². The Morgan fingerprint density at radius 3 is 1.70 bits per heavy atom. The van der Waals surface area contributed by atoms with Crippen molar-refractivity contribution in [3.05, 3.63) is 18.1 Å². The summed E-state index contributed by atoms with van der Waals surface area (Å²) in [7, 11) is 0. The van der Waals surface area contributed by atoms with Crippen molar-refractivity contribution in [3.63, 3.8) is 0 Å². The lowest BCUT2D eigenvalue weighted by molar-refractivity contribution is -0.119. The second kappa shape index (κ2) is 25.6. The Kier molecular flexibility index (Phi) is 24.8. The molecule has 0 heterocycles. The van der Waals surface area contributed by atoms with E-state index in [0.717, 1.165) is 50.4 Å². The van der Waals surface area contributed by atoms with Crippen LogP contribution in [0.3, 0.4) is 0 Å². The highest BCUT2D eigenvalue weighted by Crippen LogP contribution is 2.24. The van der Waals surface area contributed by atoms with Crippen molar-refractivity contribution in [3.8, 4) is 0 Å². The monoisotopic (exact) mass is 462 g/mol. The number of unbranched alkanes of at least 4 members (excludes halogenated alkanes) is 14. The predicted molar refractivity (Wildman–Crippen MR) is 146 cm³/mol. The second-order valence-corrected chi connectivity index (χ2v) is 10.2. The second-order valence-electron chi connectivity index (χ2n) is 10.2. The molecule has 0 spiro atoms. The van der Waals surface area contributed by atoms with Gasteiger partial charge in [0.1, 0.15) is 11.5 Å². The van der Waals surface area contributed by atoms with Gasteiger partial charge in [0.2, 0.25) is 0 Å². The Bertz CT molecular complexity index is 459. The van der Waals surface area contributed by atoms with Gasteiger partial charge in [-0.05, 0) is 25.2 Å². The zero-order valence-electron chi connectivity index (χ0n) is 22.9. The number of hydrogen-bond donors (Lipinski definition) is 0. The predicted octanol–water partition coefficient (Wildman–Crippen LogP) is 10.5. The molecule has 0 N–H and O–H groups in total. The van der Waals surface area contributed by atoms with Gasteiger partial charge in [0, 0.05) is 19.8 Å². The van der Waals surface area contributed by atoms with Crippen LogP contribution >= 0.6 is 0 Å². The molecule has 2 nitrogen and oxygen atoms in total. The van der Waals surface area contributed by atoms with Gasteiger partial charge in [0.05, 0.1) is 6.61 Å². The van der Waals surface area contributed by atoms with E-state index >= 15 is 0 Å². The molecule has 0 saturated carbocycles. The molecule has 0 atom stereocenters. The van der Waals surface area contributed by atoms with E-state index in [9.17, 15) is 4.79 Å². The number of ketones is 1. The smallest absolute Gasteiger partial charge is 0.134 e. The van der Waals surface area contributed by atoms with Gasteiger partial charge in [-0.3, -0.25) is 4.79 Å². The summed E-state index contributed by atoms with van der Waals surface area (Å²) in [5.74, 6) is 2.06. The van der Waals surface area contributed by atoms with Gasteiger partial charge in [-0.25, -0.2) is 0 Å². The molecule has 0 aliphatic carbocycles. The molecule has 0 aromatic carbocycles. The molecule has 0 radical (unpaired) electrons. The summed E-state index contributed by atoms with van der Waals surface area (Å²) < 4.78 is 5.48. The molecule has 0 rings (SSSR count). The van der Waals surface area contributed by atoms with Crippen molar-refractivity contribution in [1.29, 1.82) is 0 Å². The zero-order chi connectivity index (χ0) is 24.4. The Hall–Kier alpha value is -1.01. The van der Waals surface area contributed by atoms with Crippen LogP contribution in [0.15, 0.2) is 18.1 Å². The minimum atomic E-state index is 0.501. The van der Waals surface area contributed by atoms with Crippen molar-refractivity contribution in [2.75, 3.05) is 6.61 Å². The third-order valence-electron chi connectivity index (χ3n) is 6.93. The van der Waals surface area contributed by atoms with E-state index < -0.39 is 0 Å². The number of carbonyl (C=O) groups excluding carboxylic acids is 1. The number of rotatable bonds is 26. The molecule has 0 aliphatic heterocycles. The van der Waals surface area contributed by atoms with E-state index in [1.54, 1.807) is 0 Å². The van der Waals surface area contributed by atoms with Crippen molar-refractivity contribution in [1.82, 2.24) is 0 Å². The summed E-state index contributed by atoms with van der Waals surface area (Å²) in [4.78, 5) is 12.5. The molecule has 33 heavy (non-hydrogen) atoms. The number of Topliss-reactive ketones (excluding diaryl/α,β-unsaturated/α-hetero) is 1. The van der Waals surface area contributed by atoms with Crippen LogP contribution in [-0.2, 0) is 9.53 Å². The normalized spacial score (nSPS) is 11.0. The van der Waals surface area contributed by atoms with Crippen LogP contribution in [0.2, 0.25) is 0 Å². The fourth-order valence-electron chi connectivity index (χ4n) is 4.58. The molecular formula is C31H58O2. The van der Waals surface area contributed by atoms with Crippen LogP contribution in [0.1, 0.15) is 162 Å². The minimum Gasteiger partial charge on any atom is -0.490 e. The summed E-state index contributed by atoms with van der Waals surface area (Å²) >= 11 is 0. The van der Waals surface area contributed by atoms with Crippen molar-refractivity contribution >= 4 is 5.78 Å². The fraction of sp³-hybridized carbons (Fsp3) is 0.871. The number of ether oxygens (including phenoxy) is 1. The topological polar surface area (TPSA) is 26.3 Å². The molecular weight excluding hydrogens is 404 g/mol. The van der Waals surface area contributed by atoms with Gasteiger partial charge >= 0.3 is 0 Å². The quantitative estimate of drug-likeness (QED) is 0.0725. The third-order valence-corrected chi connectivity index (χ3v) is 6.93. The summed E-state index contributed by atoms with van der Waals surface area (Å²) in [6.45, 7) is 10.8. The van der Waals surface area contributed by atoms with Crippen molar-refractivity contribution < 1.29 is 9.53 Å². The zero-order valence-corrected chi connectivity index (χ0v) is 22.9. The Balaban J connectivity index is 3.95. The van der Waals surface area contributed by atoms with Gasteiger partial charge in [-0.15, -0.1) is 0 Å². The maximum Gasteiger partial charge on any atom is 0.134 e. The first kappa shape index (κ1) is 32.0. The first-order valence-electron chi connectivity index (χ1n) is 14.6. The highest BCUT2D eigenvalue weighted by atomic mass is 16.5. The van der Waals surface area contributed by atoms with E-state index in [1.165, 1.54) is 109 Å². The van der Waals surface area contributed by atoms with Gasteiger partial charge in [0.25, 0.3) is 0 Å². The van der Waals surface area contributed by atoms with Crippen LogP contribution in [0.4, 0.5) is 0 Å². The number of hydrogen-bond acceptors (Lipinski definition) is 2. The minimum absolute atomic E-state index is 0.501. The molecule has 0 unspecified atom stereocenters. The maximum absolute atomic E-state index is 12.5. The SMILES string of the molecule is C=C=C(C)OCCCCCCCC(=O)CCC(CCCCCCCC)CCCCCCCC. The lowest BCUT2D eigenvalue weighted by Gasteiger charge is -2.17. The van der Waals surface area contributed by atoms with Gasteiger partial charge in [-0.2, -0.15) is 0 Å². The fourth-order valence-corrected chi connectivity index (χ4v) is 4.58. The lowest BCUT2D eigenvalue weighted by Crippen LogP contribution is -2.06. The van der Waals surface area contributed by atoms with E-state index in [0.29, 0.717) is 5.78 Å². The average molecular weight is 463 g/mol. The lowest BCUT2D eigenvalue weighted by atomic mass is 9.89. The van der Waals surface area contributed by atoms with Crippen molar-refractivity contribution in [2.24, 2.45) is 5.92 Å². The summed E-state index contributed by atoms with van der Waals surface area (Å²) in [5.41, 5.74) is 2.76. The summed E-state index contributed by atoms with van der Waals surface area (Å²) in [6.07, 6.45) is 27.6. The van der Waals surface area contributed by atoms with Gasteiger partial charge in [0.15, 0.2) is 0 Å². The van der Waals surface area contributed by atoms with Crippen LogP contribution in [0.5, 0.6) is 0 Å². The average Bonchev–Trinajstić information content (AvgIpc) is 2.82. The molecule has 0 saturated heterocycles. The molecule has 0 aromatic rings. The van der Waals surface area contributed by atoms with E-state index in [1.807, 2.05) is 6.92 Å². The number of allylic oxidation sites excluding steroid dienone is 1. The molecule has 0 bridgehead atoms. The molecule has 0 aliphatic rings. The molecule has 0 aromatic heterocycles. The third kappa shape index (κ3) is 23.9. The first-order chi connectivity index (χ1) is 16.1. The van der Waals surface area contributed by atoms with Crippen LogP contribution < -0.4 is 0 Å². The maximum atomic E-state index is 12.5. The van der Waals surface area contributed by atoms with Gasteiger partial charge < -0.3 is 4.74 Å². The van der Waals surface area contributed by atoms with E-state index in [4.69, 9.17) is 4.74 Å². The summed E-state index contributed by atoms with van der Waals surface area (Å²) in [6, 6.07) is 0. The molecule has 0 fully saturated rings. The standard InChI is InChI=1S/C31H58O2/c1-5-8-10-12-15-19-23-30(24-20-16-13-11-9-6-2)26-27-31(32)25-21-17-14-18-22-28-33-29(4)7-3/h30H,3,5-6,8-28H2,1-2,4H3. The Morgan fingerprint density at radius 2 is 1.15 bits per heavy atom. The number of carbonyl (C=O) groups is 1. The van der Waals surface area contributed by atoms with Crippen LogP contribution in [0, 0.1) is 5.92 Å². The molecule has 194 valence electrons. The van der Waals surface area contributed by atoms with E-state index in [-0.39, 0.29) is 0 Å². The van der Waals surface area contributed by atoms with Gasteiger partial charge in [-0.1, -0.05) is 135 Å². The Morgan fingerprint density at radius 1 is 0.667 bits per heavy atom. The van der Waals surface area contributed by atoms with Crippen molar-refractivity contribution in [2.45, 2.75) is 162 Å². The van der Waals surface area contributed by atoms with Crippen LogP contribution in [0.25, 0.3) is 0 Å². The van der Waals surface area contributed by atoms with E-state index in [2.05, 4.69) is 26.2 Å². The summed E-state index contributed by atoms with van der Waals surface area (Å²) in [5, 5.41) is 0. The molecule has 0 amide bonds. The molecule has 2 heteroatoms. The largest absolute Gasteiger partial charge is 0.490 e. The Labute approximate surface area is 208 Å². The first-order valence-corrected chi connectivity index (χ1v) is 14.6. The highest BCUT2D eigenvalue weighted by Gasteiger charge is 2.11. The highest BCUT2D eigenvalue weighted by molar-refractivity contribution is 5.78.